The molecule has 0 saturated heterocycles. The summed E-state index contributed by atoms with van der Waals surface area (Å²) >= 11 is 6.25. The zero-order valence-corrected chi connectivity index (χ0v) is 14.8. The fourth-order valence-corrected chi connectivity index (χ4v) is 2.75. The zero-order chi connectivity index (χ0) is 17.6. The normalized spacial score (nSPS) is 13.5. The second-order valence-corrected chi connectivity index (χ2v) is 6.32. The highest BCUT2D eigenvalue weighted by Gasteiger charge is 2.14. The maximum Gasteiger partial charge on any atom is 0.244 e. The first kappa shape index (κ1) is 17.4. The monoisotopic (exact) mass is 357 g/mol. The predicted molar refractivity (Wildman–Crippen MR) is 99.1 cm³/mol. The molecule has 0 saturated carbocycles. The number of amides is 1. The van der Waals surface area contributed by atoms with Crippen molar-refractivity contribution in [3.8, 4) is 11.5 Å². The summed E-state index contributed by atoms with van der Waals surface area (Å²) in [6, 6.07) is 11.6. The van der Waals surface area contributed by atoms with E-state index >= 15 is 0 Å². The highest BCUT2D eigenvalue weighted by atomic mass is 35.5. The van der Waals surface area contributed by atoms with Gasteiger partial charge in [-0.25, -0.2) is 0 Å². The highest BCUT2D eigenvalue weighted by Crippen LogP contribution is 2.38. The average molecular weight is 358 g/mol. The third kappa shape index (κ3) is 4.77. The number of nitrogens with one attached hydrogen (secondary N) is 1. The van der Waals surface area contributed by atoms with Gasteiger partial charge in [0.2, 0.25) is 5.91 Å². The van der Waals surface area contributed by atoms with Crippen molar-refractivity contribution < 1.29 is 14.3 Å². The van der Waals surface area contributed by atoms with Crippen molar-refractivity contribution in [1.82, 2.24) is 5.32 Å². The van der Waals surface area contributed by atoms with Gasteiger partial charge in [-0.15, -0.1) is 0 Å². The first-order chi connectivity index (χ1) is 12.1. The molecular weight excluding hydrogens is 338 g/mol. The standard InChI is InChI=1S/C20H20ClNO3/c1-14-3-5-15(6-4-14)13-22-19(23)8-7-16-11-17(21)20-18(12-16)24-9-2-10-25-20/h3-8,11-12H,2,9-10,13H2,1H3,(H,22,23). The van der Waals surface area contributed by atoms with Crippen LogP contribution in [0.2, 0.25) is 5.02 Å². The van der Waals surface area contributed by atoms with E-state index < -0.39 is 0 Å². The highest BCUT2D eigenvalue weighted by molar-refractivity contribution is 6.32. The molecule has 4 nitrogen and oxygen atoms in total. The lowest BCUT2D eigenvalue weighted by atomic mass is 10.1. The van der Waals surface area contributed by atoms with Gasteiger partial charge in [0.1, 0.15) is 0 Å². The summed E-state index contributed by atoms with van der Waals surface area (Å²) in [6.45, 7) is 3.70. The molecule has 0 bridgehead atoms. The molecule has 130 valence electrons. The molecule has 2 aromatic carbocycles. The van der Waals surface area contributed by atoms with Gasteiger partial charge in [-0.05, 0) is 36.3 Å². The Bertz CT molecular complexity index is 784. The van der Waals surface area contributed by atoms with Gasteiger partial charge < -0.3 is 14.8 Å². The summed E-state index contributed by atoms with van der Waals surface area (Å²) < 4.78 is 11.2. The Morgan fingerprint density at radius 3 is 2.76 bits per heavy atom. The van der Waals surface area contributed by atoms with Crippen LogP contribution in [-0.4, -0.2) is 19.1 Å². The van der Waals surface area contributed by atoms with Crippen LogP contribution in [0.3, 0.4) is 0 Å². The van der Waals surface area contributed by atoms with Crippen LogP contribution in [0.5, 0.6) is 11.5 Å². The summed E-state index contributed by atoms with van der Waals surface area (Å²) in [6.07, 6.45) is 4.02. The Kier molecular flexibility index (Phi) is 5.61. The third-order valence-corrected chi connectivity index (χ3v) is 4.12. The van der Waals surface area contributed by atoms with Gasteiger partial charge in [0.05, 0.1) is 18.2 Å². The van der Waals surface area contributed by atoms with Crippen LogP contribution in [0.25, 0.3) is 6.08 Å². The lowest BCUT2D eigenvalue weighted by molar-refractivity contribution is -0.116. The van der Waals surface area contributed by atoms with Gasteiger partial charge >= 0.3 is 0 Å². The summed E-state index contributed by atoms with van der Waals surface area (Å²) in [5.41, 5.74) is 3.05. The van der Waals surface area contributed by atoms with Crippen LogP contribution in [0, 0.1) is 6.92 Å². The molecule has 1 aliphatic rings. The van der Waals surface area contributed by atoms with Gasteiger partial charge in [-0.2, -0.15) is 0 Å². The fourth-order valence-electron chi connectivity index (χ4n) is 2.47. The van der Waals surface area contributed by atoms with Gasteiger partial charge in [0.25, 0.3) is 0 Å². The Hall–Kier alpha value is -2.46. The summed E-state index contributed by atoms with van der Waals surface area (Å²) in [5.74, 6) is 1.02. The molecule has 1 heterocycles. The van der Waals surface area contributed by atoms with Crippen LogP contribution >= 0.6 is 11.6 Å². The van der Waals surface area contributed by atoms with E-state index in [1.165, 1.54) is 11.6 Å². The van der Waals surface area contributed by atoms with E-state index in [0.717, 1.165) is 17.5 Å². The third-order valence-electron chi connectivity index (χ3n) is 3.84. The molecule has 1 amide bonds. The average Bonchev–Trinajstić information content (AvgIpc) is 2.85. The van der Waals surface area contributed by atoms with E-state index in [0.29, 0.717) is 36.3 Å². The van der Waals surface area contributed by atoms with E-state index in [9.17, 15) is 4.79 Å². The minimum Gasteiger partial charge on any atom is -0.489 e. The second-order valence-electron chi connectivity index (χ2n) is 5.92. The van der Waals surface area contributed by atoms with Crippen molar-refractivity contribution in [2.24, 2.45) is 0 Å². The zero-order valence-electron chi connectivity index (χ0n) is 14.0. The molecule has 2 aromatic rings. The Morgan fingerprint density at radius 2 is 1.96 bits per heavy atom. The van der Waals surface area contributed by atoms with Crippen molar-refractivity contribution in [2.45, 2.75) is 19.9 Å². The molecule has 0 aromatic heterocycles. The first-order valence-corrected chi connectivity index (χ1v) is 8.60. The number of carbonyl (C=O) groups excluding carboxylic acids is 1. The molecule has 0 spiro atoms. The number of hydrogen-bond acceptors (Lipinski definition) is 3. The summed E-state index contributed by atoms with van der Waals surface area (Å²) in [7, 11) is 0. The van der Waals surface area contributed by atoms with Crippen molar-refractivity contribution in [1.29, 1.82) is 0 Å². The Balaban J connectivity index is 1.63. The molecular formula is C20H20ClNO3. The largest absolute Gasteiger partial charge is 0.489 e. The van der Waals surface area contributed by atoms with Gasteiger partial charge in [0.15, 0.2) is 11.5 Å². The number of hydrogen-bond donors (Lipinski definition) is 1. The molecule has 0 atom stereocenters. The van der Waals surface area contributed by atoms with Crippen molar-refractivity contribution >= 4 is 23.6 Å². The number of aryl methyl sites for hydroxylation is 1. The Labute approximate surface area is 152 Å². The molecule has 1 aliphatic heterocycles. The van der Waals surface area contributed by atoms with Crippen LogP contribution < -0.4 is 14.8 Å². The number of benzene rings is 2. The minimum atomic E-state index is -0.163. The van der Waals surface area contributed by atoms with Crippen LogP contribution in [-0.2, 0) is 11.3 Å². The van der Waals surface area contributed by atoms with Gasteiger partial charge in [-0.3, -0.25) is 4.79 Å². The van der Waals surface area contributed by atoms with E-state index in [1.807, 2.05) is 37.3 Å². The number of halogens is 1. The van der Waals surface area contributed by atoms with Crippen molar-refractivity contribution in [3.63, 3.8) is 0 Å². The molecule has 1 N–H and O–H groups in total. The number of carbonyl (C=O) groups is 1. The quantitative estimate of drug-likeness (QED) is 0.836. The lowest BCUT2D eigenvalue weighted by Crippen LogP contribution is -2.20. The molecule has 5 heteroatoms. The Morgan fingerprint density at radius 1 is 1.20 bits per heavy atom. The maximum atomic E-state index is 12.0. The summed E-state index contributed by atoms with van der Waals surface area (Å²) in [5, 5.41) is 3.35. The SMILES string of the molecule is Cc1ccc(CNC(=O)C=Cc2cc(Cl)c3c(c2)OCCCO3)cc1. The smallest absolute Gasteiger partial charge is 0.244 e. The van der Waals surface area contributed by atoms with E-state index in [1.54, 1.807) is 12.1 Å². The van der Waals surface area contributed by atoms with E-state index in [4.69, 9.17) is 21.1 Å². The van der Waals surface area contributed by atoms with E-state index in [-0.39, 0.29) is 5.91 Å². The number of ether oxygens (including phenoxy) is 2. The maximum absolute atomic E-state index is 12.0. The fraction of sp³-hybridized carbons (Fsp3) is 0.250. The number of fused-ring (bicyclic) bond motifs is 1. The van der Waals surface area contributed by atoms with Crippen LogP contribution in [0.15, 0.2) is 42.5 Å². The van der Waals surface area contributed by atoms with E-state index in [2.05, 4.69) is 5.32 Å². The second kappa shape index (κ2) is 8.08. The van der Waals surface area contributed by atoms with Crippen LogP contribution in [0.1, 0.15) is 23.1 Å². The molecule has 25 heavy (non-hydrogen) atoms. The van der Waals surface area contributed by atoms with Gasteiger partial charge in [0, 0.05) is 19.0 Å². The molecule has 0 aliphatic carbocycles. The summed E-state index contributed by atoms with van der Waals surface area (Å²) in [4.78, 5) is 12.0. The molecule has 0 fully saturated rings. The first-order valence-electron chi connectivity index (χ1n) is 8.22. The van der Waals surface area contributed by atoms with Crippen molar-refractivity contribution in [3.05, 3.63) is 64.2 Å². The number of rotatable bonds is 4. The predicted octanol–water partition coefficient (Wildman–Crippen LogP) is 4.14. The molecule has 3 rings (SSSR count). The van der Waals surface area contributed by atoms with Crippen molar-refractivity contribution in [2.75, 3.05) is 13.2 Å². The topological polar surface area (TPSA) is 47.6 Å². The molecule has 0 radical (unpaired) electrons. The lowest BCUT2D eigenvalue weighted by Gasteiger charge is -2.10. The minimum absolute atomic E-state index is 0.163. The van der Waals surface area contributed by atoms with Crippen LogP contribution in [0.4, 0.5) is 0 Å². The van der Waals surface area contributed by atoms with Gasteiger partial charge in [-0.1, -0.05) is 41.4 Å². The molecule has 0 unspecified atom stereocenters.